The highest BCUT2D eigenvalue weighted by molar-refractivity contribution is 7.19. The maximum absolute atomic E-state index is 4.22. The molecule has 0 amide bonds. The molecule has 0 aliphatic heterocycles. The number of fused-ring (bicyclic) bond motifs is 1. The molecule has 0 radical (unpaired) electrons. The van der Waals surface area contributed by atoms with Gasteiger partial charge in [-0.25, -0.2) is 9.97 Å². The summed E-state index contributed by atoms with van der Waals surface area (Å²) in [6.07, 6.45) is 10.9. The first kappa shape index (κ1) is 9.80. The van der Waals surface area contributed by atoms with Crippen molar-refractivity contribution in [1.82, 2.24) is 9.97 Å². The van der Waals surface area contributed by atoms with E-state index >= 15 is 0 Å². The molecule has 0 N–H and O–H groups in total. The molecule has 2 heterocycles. The van der Waals surface area contributed by atoms with E-state index in [1.807, 2.05) is 24.4 Å². The molecule has 0 saturated heterocycles. The first-order valence-electron chi connectivity index (χ1n) is 4.51. The standard InChI is InChI=1S/C12H10N2S/c1-3-5-6-9-10-7-13-8-14-12(10)15-11(9)4-2/h3-8H,1-2H2/b6-5-. The second kappa shape index (κ2) is 4.19. The fourth-order valence-electron chi connectivity index (χ4n) is 1.36. The Hall–Kier alpha value is -1.74. The van der Waals surface area contributed by atoms with Gasteiger partial charge in [0.2, 0.25) is 0 Å². The fraction of sp³-hybridized carbons (Fsp3) is 0. The van der Waals surface area contributed by atoms with Gasteiger partial charge in [0, 0.05) is 22.0 Å². The smallest absolute Gasteiger partial charge is 0.127 e. The molecule has 15 heavy (non-hydrogen) atoms. The Morgan fingerprint density at radius 3 is 2.93 bits per heavy atom. The van der Waals surface area contributed by atoms with Crippen LogP contribution in [0.4, 0.5) is 0 Å². The van der Waals surface area contributed by atoms with Gasteiger partial charge < -0.3 is 0 Å². The van der Waals surface area contributed by atoms with E-state index in [0.29, 0.717) is 0 Å². The highest BCUT2D eigenvalue weighted by atomic mass is 32.1. The molecule has 2 aromatic rings. The summed E-state index contributed by atoms with van der Waals surface area (Å²) < 4.78 is 0. The van der Waals surface area contributed by atoms with Crippen molar-refractivity contribution in [3.05, 3.63) is 48.3 Å². The van der Waals surface area contributed by atoms with Crippen LogP contribution in [-0.4, -0.2) is 9.97 Å². The summed E-state index contributed by atoms with van der Waals surface area (Å²) in [6, 6.07) is 0. The average Bonchev–Trinajstić information content (AvgIpc) is 2.64. The lowest BCUT2D eigenvalue weighted by Crippen LogP contribution is -1.76. The molecule has 2 aromatic heterocycles. The Morgan fingerprint density at radius 1 is 1.33 bits per heavy atom. The molecule has 0 fully saturated rings. The Labute approximate surface area is 92.3 Å². The third-order valence-corrected chi connectivity index (χ3v) is 3.15. The zero-order valence-electron chi connectivity index (χ0n) is 8.18. The maximum atomic E-state index is 4.22. The summed E-state index contributed by atoms with van der Waals surface area (Å²) in [4.78, 5) is 10.4. The monoisotopic (exact) mass is 214 g/mol. The van der Waals surface area contributed by atoms with E-state index < -0.39 is 0 Å². The molecular formula is C12H10N2S. The maximum Gasteiger partial charge on any atom is 0.127 e. The molecule has 0 aliphatic carbocycles. The number of nitrogens with zero attached hydrogens (tertiary/aromatic N) is 2. The number of thiophene rings is 1. The lowest BCUT2D eigenvalue weighted by Gasteiger charge is -1.91. The zero-order valence-corrected chi connectivity index (χ0v) is 9.00. The highest BCUT2D eigenvalue weighted by Gasteiger charge is 2.07. The molecule has 0 atom stereocenters. The van der Waals surface area contributed by atoms with Crippen molar-refractivity contribution in [3.8, 4) is 0 Å². The van der Waals surface area contributed by atoms with Gasteiger partial charge in [-0.15, -0.1) is 11.3 Å². The molecule has 2 nitrogen and oxygen atoms in total. The van der Waals surface area contributed by atoms with Crippen molar-refractivity contribution in [2.24, 2.45) is 0 Å². The first-order chi connectivity index (χ1) is 7.36. The summed E-state index contributed by atoms with van der Waals surface area (Å²) >= 11 is 1.62. The topological polar surface area (TPSA) is 25.8 Å². The number of hydrogen-bond donors (Lipinski definition) is 0. The van der Waals surface area contributed by atoms with Crippen molar-refractivity contribution in [1.29, 1.82) is 0 Å². The van der Waals surface area contributed by atoms with Gasteiger partial charge >= 0.3 is 0 Å². The van der Waals surface area contributed by atoms with E-state index in [0.717, 1.165) is 20.7 Å². The molecule has 2 rings (SSSR count). The molecule has 0 unspecified atom stereocenters. The molecule has 74 valence electrons. The minimum absolute atomic E-state index is 0.989. The van der Waals surface area contributed by atoms with Gasteiger partial charge in [-0.2, -0.15) is 0 Å². The minimum Gasteiger partial charge on any atom is -0.244 e. The molecule has 0 aliphatic rings. The lowest BCUT2D eigenvalue weighted by molar-refractivity contribution is 1.23. The van der Waals surface area contributed by atoms with Crippen LogP contribution in [0.5, 0.6) is 0 Å². The predicted octanol–water partition coefficient (Wildman–Crippen LogP) is 3.53. The van der Waals surface area contributed by atoms with Gasteiger partial charge in [-0.3, -0.25) is 0 Å². The van der Waals surface area contributed by atoms with Crippen molar-refractivity contribution in [3.63, 3.8) is 0 Å². The third-order valence-electron chi connectivity index (χ3n) is 2.02. The van der Waals surface area contributed by atoms with Gasteiger partial charge in [0.05, 0.1) is 0 Å². The van der Waals surface area contributed by atoms with Crippen LogP contribution in [0.3, 0.4) is 0 Å². The Kier molecular flexibility index (Phi) is 2.74. The lowest BCUT2D eigenvalue weighted by atomic mass is 10.2. The highest BCUT2D eigenvalue weighted by Crippen LogP contribution is 2.30. The quantitative estimate of drug-likeness (QED) is 0.730. The number of allylic oxidation sites excluding steroid dienone is 2. The van der Waals surface area contributed by atoms with Crippen molar-refractivity contribution in [2.45, 2.75) is 0 Å². The van der Waals surface area contributed by atoms with Gasteiger partial charge in [0.15, 0.2) is 0 Å². The summed E-state index contributed by atoms with van der Waals surface area (Å²) in [5, 5.41) is 1.07. The molecule has 3 heteroatoms. The molecule has 0 saturated carbocycles. The molecule has 0 spiro atoms. The summed E-state index contributed by atoms with van der Waals surface area (Å²) in [5.74, 6) is 0. The van der Waals surface area contributed by atoms with Crippen LogP contribution in [-0.2, 0) is 0 Å². The summed E-state index contributed by atoms with van der Waals surface area (Å²) in [5.41, 5.74) is 1.12. The number of aromatic nitrogens is 2. The average molecular weight is 214 g/mol. The van der Waals surface area contributed by atoms with Crippen molar-refractivity contribution in [2.75, 3.05) is 0 Å². The molecular weight excluding hydrogens is 204 g/mol. The van der Waals surface area contributed by atoms with Gasteiger partial charge in [0.25, 0.3) is 0 Å². The fourth-order valence-corrected chi connectivity index (χ4v) is 2.32. The zero-order chi connectivity index (χ0) is 10.7. The largest absolute Gasteiger partial charge is 0.244 e. The number of rotatable bonds is 3. The van der Waals surface area contributed by atoms with Gasteiger partial charge in [0.1, 0.15) is 11.2 Å². The predicted molar refractivity (Wildman–Crippen MR) is 66.7 cm³/mol. The second-order valence-corrected chi connectivity index (χ2v) is 3.95. The third kappa shape index (κ3) is 1.74. The Morgan fingerprint density at radius 2 is 2.20 bits per heavy atom. The van der Waals surface area contributed by atoms with Crippen molar-refractivity contribution >= 4 is 33.7 Å². The second-order valence-electron chi connectivity index (χ2n) is 2.92. The Balaban J connectivity index is 2.71. The van der Waals surface area contributed by atoms with E-state index in [1.165, 1.54) is 0 Å². The van der Waals surface area contributed by atoms with Gasteiger partial charge in [-0.05, 0) is 0 Å². The van der Waals surface area contributed by atoms with E-state index in [2.05, 4.69) is 23.1 Å². The van der Waals surface area contributed by atoms with Crippen LogP contribution < -0.4 is 0 Å². The number of hydrogen-bond acceptors (Lipinski definition) is 3. The summed E-state index contributed by atoms with van der Waals surface area (Å²) in [6.45, 7) is 7.45. The van der Waals surface area contributed by atoms with Crippen LogP contribution in [0.1, 0.15) is 10.4 Å². The van der Waals surface area contributed by atoms with E-state index in [-0.39, 0.29) is 0 Å². The van der Waals surface area contributed by atoms with E-state index in [4.69, 9.17) is 0 Å². The minimum atomic E-state index is 0.989. The van der Waals surface area contributed by atoms with Crippen LogP contribution >= 0.6 is 11.3 Å². The van der Waals surface area contributed by atoms with Crippen LogP contribution in [0.15, 0.2) is 37.8 Å². The van der Waals surface area contributed by atoms with Crippen LogP contribution in [0.2, 0.25) is 0 Å². The van der Waals surface area contributed by atoms with E-state index in [9.17, 15) is 0 Å². The van der Waals surface area contributed by atoms with Crippen LogP contribution in [0, 0.1) is 0 Å². The molecule has 0 aromatic carbocycles. The normalized spacial score (nSPS) is 10.9. The van der Waals surface area contributed by atoms with E-state index in [1.54, 1.807) is 23.7 Å². The van der Waals surface area contributed by atoms with Crippen molar-refractivity contribution < 1.29 is 0 Å². The summed E-state index contributed by atoms with van der Waals surface area (Å²) in [7, 11) is 0. The van der Waals surface area contributed by atoms with Crippen LogP contribution in [0.25, 0.3) is 22.4 Å². The first-order valence-corrected chi connectivity index (χ1v) is 5.32. The SMILES string of the molecule is C=C/C=C\c1c(C=C)sc2ncncc12. The Bertz CT molecular complexity index is 538. The molecule has 0 bridgehead atoms. The van der Waals surface area contributed by atoms with Gasteiger partial charge in [-0.1, -0.05) is 37.5 Å².